The van der Waals surface area contributed by atoms with Gasteiger partial charge in [0.25, 0.3) is 0 Å². The zero-order chi connectivity index (χ0) is 31.2. The monoisotopic (exact) mass is 604 g/mol. The Balaban J connectivity index is 1.13. The van der Waals surface area contributed by atoms with Gasteiger partial charge in [0, 0.05) is 33.4 Å². The molecular weight excluding hydrogens is 576 g/mol. The molecule has 0 unspecified atom stereocenters. The van der Waals surface area contributed by atoms with Crippen LogP contribution in [-0.4, -0.2) is 4.98 Å². The molecule has 0 saturated heterocycles. The van der Waals surface area contributed by atoms with E-state index in [1.54, 1.807) is 0 Å². The maximum absolute atomic E-state index is 6.22. The van der Waals surface area contributed by atoms with Crippen LogP contribution in [0.4, 0.5) is 17.1 Å². The third kappa shape index (κ3) is 4.93. The lowest BCUT2D eigenvalue weighted by molar-refractivity contribution is 0.620. The highest BCUT2D eigenvalue weighted by atomic mass is 16.3. The molecule has 0 radical (unpaired) electrons. The van der Waals surface area contributed by atoms with E-state index in [1.165, 1.54) is 11.1 Å². The molecule has 222 valence electrons. The first-order valence-electron chi connectivity index (χ1n) is 15.7. The summed E-state index contributed by atoms with van der Waals surface area (Å²) < 4.78 is 12.3. The van der Waals surface area contributed by atoms with E-state index in [2.05, 4.69) is 132 Å². The number of hydrogen-bond acceptors (Lipinski definition) is 4. The van der Waals surface area contributed by atoms with Crippen molar-refractivity contribution < 1.29 is 8.83 Å². The SMILES string of the molecule is c1ccc(-c2ccc(N(c3ccc(-c4nc5ccccc5o4)cc3)c3cccc(-c4ccc5c(c4)oc4ccccc45)c3)cc2)cc1. The van der Waals surface area contributed by atoms with E-state index in [1.807, 2.05) is 42.5 Å². The fourth-order valence-corrected chi connectivity index (χ4v) is 6.36. The molecule has 0 spiro atoms. The van der Waals surface area contributed by atoms with Gasteiger partial charge in [-0.05, 0) is 101 Å². The molecule has 0 aliphatic heterocycles. The van der Waals surface area contributed by atoms with Crippen LogP contribution in [0, 0.1) is 0 Å². The van der Waals surface area contributed by atoms with Crippen molar-refractivity contribution in [1.82, 2.24) is 4.98 Å². The topological polar surface area (TPSA) is 42.4 Å². The van der Waals surface area contributed by atoms with E-state index in [0.717, 1.165) is 66.8 Å². The molecule has 9 aromatic rings. The minimum atomic E-state index is 0.611. The van der Waals surface area contributed by atoms with Gasteiger partial charge < -0.3 is 13.7 Å². The van der Waals surface area contributed by atoms with Crippen LogP contribution < -0.4 is 4.90 Å². The molecule has 0 aliphatic rings. The lowest BCUT2D eigenvalue weighted by Gasteiger charge is -2.26. The molecule has 4 nitrogen and oxygen atoms in total. The first-order valence-corrected chi connectivity index (χ1v) is 15.7. The number of para-hydroxylation sites is 3. The third-order valence-electron chi connectivity index (χ3n) is 8.72. The van der Waals surface area contributed by atoms with E-state index in [0.29, 0.717) is 5.89 Å². The summed E-state index contributed by atoms with van der Waals surface area (Å²) in [7, 11) is 0. The molecule has 2 aromatic heterocycles. The van der Waals surface area contributed by atoms with Gasteiger partial charge in [-0.2, -0.15) is 0 Å². The largest absolute Gasteiger partial charge is 0.456 e. The van der Waals surface area contributed by atoms with Crippen LogP contribution in [0.3, 0.4) is 0 Å². The standard InChI is InChI=1S/C43H28N2O2/c1-2-9-29(10-3-1)30-17-22-34(23-18-30)45(35-24-19-31(20-25-35)43-44-39-14-5-7-16-41(39)47-43)36-12-8-11-32(27-36)33-21-26-38-37-13-4-6-15-40(37)46-42(38)28-33/h1-28H. The van der Waals surface area contributed by atoms with Gasteiger partial charge >= 0.3 is 0 Å². The summed E-state index contributed by atoms with van der Waals surface area (Å²) >= 11 is 0. The first kappa shape index (κ1) is 27.0. The Morgan fingerprint density at radius 2 is 0.957 bits per heavy atom. The Kier molecular flexibility index (Phi) is 6.43. The fraction of sp³-hybridized carbons (Fsp3) is 0. The van der Waals surface area contributed by atoms with Crippen LogP contribution in [0.25, 0.3) is 66.7 Å². The Morgan fingerprint density at radius 3 is 1.74 bits per heavy atom. The van der Waals surface area contributed by atoms with Gasteiger partial charge in [-0.15, -0.1) is 0 Å². The predicted octanol–water partition coefficient (Wildman–Crippen LogP) is 12.2. The van der Waals surface area contributed by atoms with E-state index < -0.39 is 0 Å². The maximum atomic E-state index is 6.22. The van der Waals surface area contributed by atoms with Crippen molar-refractivity contribution >= 4 is 50.1 Å². The van der Waals surface area contributed by atoms with Crippen LogP contribution in [0.2, 0.25) is 0 Å². The number of nitrogens with zero attached hydrogens (tertiary/aromatic N) is 2. The highest BCUT2D eigenvalue weighted by Crippen LogP contribution is 2.39. The first-order chi connectivity index (χ1) is 23.3. The normalized spacial score (nSPS) is 11.4. The van der Waals surface area contributed by atoms with Gasteiger partial charge in [0.05, 0.1) is 0 Å². The zero-order valence-corrected chi connectivity index (χ0v) is 25.4. The number of hydrogen-bond donors (Lipinski definition) is 0. The number of aromatic nitrogens is 1. The Bertz CT molecular complexity index is 2480. The molecule has 9 rings (SSSR count). The van der Waals surface area contributed by atoms with Crippen LogP contribution >= 0.6 is 0 Å². The van der Waals surface area contributed by atoms with Gasteiger partial charge in [-0.1, -0.05) is 91.0 Å². The van der Waals surface area contributed by atoms with Crippen molar-refractivity contribution in [2.45, 2.75) is 0 Å². The summed E-state index contributed by atoms with van der Waals surface area (Å²) in [4.78, 5) is 6.99. The van der Waals surface area contributed by atoms with Crippen molar-refractivity contribution in [1.29, 1.82) is 0 Å². The molecule has 47 heavy (non-hydrogen) atoms. The van der Waals surface area contributed by atoms with Gasteiger partial charge in [0.1, 0.15) is 16.7 Å². The van der Waals surface area contributed by atoms with Crippen molar-refractivity contribution in [3.63, 3.8) is 0 Å². The molecule has 7 aromatic carbocycles. The van der Waals surface area contributed by atoms with E-state index in [9.17, 15) is 0 Å². The molecular formula is C43H28N2O2. The van der Waals surface area contributed by atoms with Crippen molar-refractivity contribution in [3.8, 4) is 33.7 Å². The molecule has 4 heteroatoms. The maximum Gasteiger partial charge on any atom is 0.227 e. The van der Waals surface area contributed by atoms with Gasteiger partial charge in [-0.25, -0.2) is 4.98 Å². The Morgan fingerprint density at radius 1 is 0.362 bits per heavy atom. The lowest BCUT2D eigenvalue weighted by Crippen LogP contribution is -2.10. The molecule has 0 N–H and O–H groups in total. The third-order valence-corrected chi connectivity index (χ3v) is 8.72. The quantitative estimate of drug-likeness (QED) is 0.189. The minimum absolute atomic E-state index is 0.611. The van der Waals surface area contributed by atoms with E-state index in [-0.39, 0.29) is 0 Å². The molecule has 0 aliphatic carbocycles. The number of oxazole rings is 1. The Hall–Kier alpha value is -6.39. The van der Waals surface area contributed by atoms with Crippen LogP contribution in [0.1, 0.15) is 0 Å². The van der Waals surface area contributed by atoms with Crippen molar-refractivity contribution in [2.24, 2.45) is 0 Å². The summed E-state index contributed by atoms with van der Waals surface area (Å²) in [6.45, 7) is 0. The molecule has 0 atom stereocenters. The molecule has 0 saturated carbocycles. The molecule has 0 bridgehead atoms. The van der Waals surface area contributed by atoms with Gasteiger partial charge in [0.15, 0.2) is 5.58 Å². The summed E-state index contributed by atoms with van der Waals surface area (Å²) in [5.74, 6) is 0.611. The summed E-state index contributed by atoms with van der Waals surface area (Å²) in [5.41, 5.74) is 12.1. The van der Waals surface area contributed by atoms with Crippen molar-refractivity contribution in [3.05, 3.63) is 170 Å². The second-order valence-corrected chi connectivity index (χ2v) is 11.6. The average Bonchev–Trinajstić information content (AvgIpc) is 3.74. The number of benzene rings is 7. The summed E-state index contributed by atoms with van der Waals surface area (Å²) in [5, 5.41) is 2.26. The number of rotatable bonds is 6. The van der Waals surface area contributed by atoms with Crippen LogP contribution in [0.5, 0.6) is 0 Å². The van der Waals surface area contributed by atoms with E-state index >= 15 is 0 Å². The predicted molar refractivity (Wildman–Crippen MR) is 192 cm³/mol. The fourth-order valence-electron chi connectivity index (χ4n) is 6.36. The van der Waals surface area contributed by atoms with Gasteiger partial charge in [-0.3, -0.25) is 0 Å². The highest BCUT2D eigenvalue weighted by Gasteiger charge is 2.16. The number of fused-ring (bicyclic) bond motifs is 4. The summed E-state index contributed by atoms with van der Waals surface area (Å²) in [6.07, 6.45) is 0. The lowest BCUT2D eigenvalue weighted by atomic mass is 10.0. The molecule has 0 amide bonds. The van der Waals surface area contributed by atoms with E-state index in [4.69, 9.17) is 13.8 Å². The zero-order valence-electron chi connectivity index (χ0n) is 25.4. The number of anilines is 3. The average molecular weight is 605 g/mol. The molecule has 2 heterocycles. The summed E-state index contributed by atoms with van der Waals surface area (Å²) in [6, 6.07) is 58.8. The highest BCUT2D eigenvalue weighted by molar-refractivity contribution is 6.06. The van der Waals surface area contributed by atoms with Crippen molar-refractivity contribution in [2.75, 3.05) is 4.90 Å². The van der Waals surface area contributed by atoms with Crippen LogP contribution in [0.15, 0.2) is 179 Å². The minimum Gasteiger partial charge on any atom is -0.456 e. The second kappa shape index (κ2) is 11.2. The Labute approximate surface area is 271 Å². The number of furan rings is 1. The molecule has 0 fully saturated rings. The van der Waals surface area contributed by atoms with Gasteiger partial charge in [0.2, 0.25) is 5.89 Å². The smallest absolute Gasteiger partial charge is 0.227 e. The van der Waals surface area contributed by atoms with Crippen LogP contribution in [-0.2, 0) is 0 Å². The second-order valence-electron chi connectivity index (χ2n) is 11.6.